The van der Waals surface area contributed by atoms with E-state index in [0.717, 1.165) is 43.5 Å². The molecule has 4 heterocycles. The van der Waals surface area contributed by atoms with Crippen LogP contribution in [0.1, 0.15) is 28.9 Å². The molecule has 0 unspecified atom stereocenters. The third kappa shape index (κ3) is 2.92. The molecule has 1 saturated heterocycles. The molecule has 0 radical (unpaired) electrons. The van der Waals surface area contributed by atoms with Crippen LogP contribution in [0.25, 0.3) is 27.8 Å². The fraction of sp³-hybridized carbons (Fsp3) is 0.286. The topological polar surface area (TPSA) is 56.0 Å². The number of hydrogen-bond donors (Lipinski definition) is 0. The standard InChI is InChI=1S/C21H18F3N5O/c1-27-12-15-18-17(9-8-16(25-18)20(30)28-10-2-3-11-28)29(19(15)26-27)14-6-4-13(5-7-14)21(22,23)24/h4-9,12H,2-3,10-11H2,1H3. The van der Waals surface area contributed by atoms with E-state index in [9.17, 15) is 18.0 Å². The molecule has 0 atom stereocenters. The Kier molecular flexibility index (Phi) is 4.09. The van der Waals surface area contributed by atoms with Crippen LogP contribution in [0.2, 0.25) is 0 Å². The van der Waals surface area contributed by atoms with Crippen molar-refractivity contribution < 1.29 is 18.0 Å². The van der Waals surface area contributed by atoms with Gasteiger partial charge in [0.25, 0.3) is 5.91 Å². The number of benzene rings is 1. The molecule has 9 heteroatoms. The Morgan fingerprint density at radius 1 is 1.03 bits per heavy atom. The zero-order valence-corrected chi connectivity index (χ0v) is 16.1. The number of halogens is 3. The van der Waals surface area contributed by atoms with Crippen molar-refractivity contribution in [3.63, 3.8) is 0 Å². The summed E-state index contributed by atoms with van der Waals surface area (Å²) in [7, 11) is 1.77. The van der Waals surface area contributed by atoms with Gasteiger partial charge in [-0.15, -0.1) is 0 Å². The first kappa shape index (κ1) is 18.7. The van der Waals surface area contributed by atoms with E-state index in [0.29, 0.717) is 28.1 Å². The lowest BCUT2D eigenvalue weighted by Gasteiger charge is -2.14. The molecule has 4 aromatic rings. The summed E-state index contributed by atoms with van der Waals surface area (Å²) in [6.45, 7) is 1.46. The summed E-state index contributed by atoms with van der Waals surface area (Å²) in [6.07, 6.45) is -0.615. The molecular formula is C21H18F3N5O. The van der Waals surface area contributed by atoms with E-state index in [2.05, 4.69) is 10.1 Å². The SMILES string of the molecule is Cn1cc2c3nc(C(=O)N4CCCC4)ccc3n(-c3ccc(C(F)(F)F)cc3)c2n1. The lowest BCUT2D eigenvalue weighted by atomic mass is 10.2. The number of alkyl halides is 3. The minimum Gasteiger partial charge on any atom is -0.337 e. The zero-order valence-electron chi connectivity index (χ0n) is 16.1. The molecular weight excluding hydrogens is 395 g/mol. The highest BCUT2D eigenvalue weighted by atomic mass is 19.4. The molecule has 6 nitrogen and oxygen atoms in total. The van der Waals surface area contributed by atoms with Gasteiger partial charge in [0, 0.05) is 32.0 Å². The van der Waals surface area contributed by atoms with Crippen molar-refractivity contribution in [3.05, 3.63) is 53.9 Å². The second-order valence-corrected chi connectivity index (χ2v) is 7.48. The third-order valence-electron chi connectivity index (χ3n) is 5.46. The van der Waals surface area contributed by atoms with Gasteiger partial charge in [0.1, 0.15) is 11.2 Å². The number of rotatable bonds is 2. The minimum absolute atomic E-state index is 0.103. The van der Waals surface area contributed by atoms with E-state index in [1.165, 1.54) is 12.1 Å². The first-order valence-electron chi connectivity index (χ1n) is 9.64. The van der Waals surface area contributed by atoms with Gasteiger partial charge < -0.3 is 4.90 Å². The van der Waals surface area contributed by atoms with Crippen LogP contribution >= 0.6 is 0 Å². The van der Waals surface area contributed by atoms with Crippen molar-refractivity contribution in [1.82, 2.24) is 24.2 Å². The number of aryl methyl sites for hydroxylation is 1. The summed E-state index contributed by atoms with van der Waals surface area (Å²) < 4.78 is 42.2. The summed E-state index contributed by atoms with van der Waals surface area (Å²) in [6, 6.07) is 8.38. The number of pyridine rings is 1. The molecule has 1 aliphatic heterocycles. The molecule has 0 spiro atoms. The van der Waals surface area contributed by atoms with Crippen LogP contribution in [0.3, 0.4) is 0 Å². The lowest BCUT2D eigenvalue weighted by molar-refractivity contribution is -0.137. The van der Waals surface area contributed by atoms with E-state index in [1.54, 1.807) is 39.5 Å². The van der Waals surface area contributed by atoms with E-state index < -0.39 is 11.7 Å². The van der Waals surface area contributed by atoms with Gasteiger partial charge in [-0.3, -0.25) is 14.0 Å². The van der Waals surface area contributed by atoms with Gasteiger partial charge in [0.05, 0.1) is 16.5 Å². The number of fused-ring (bicyclic) bond motifs is 3. The lowest BCUT2D eigenvalue weighted by Crippen LogP contribution is -2.28. The maximum Gasteiger partial charge on any atom is 0.416 e. The van der Waals surface area contributed by atoms with Crippen molar-refractivity contribution in [1.29, 1.82) is 0 Å². The smallest absolute Gasteiger partial charge is 0.337 e. The predicted molar refractivity (Wildman–Crippen MR) is 105 cm³/mol. The van der Waals surface area contributed by atoms with Gasteiger partial charge in [0.2, 0.25) is 0 Å². The summed E-state index contributed by atoms with van der Waals surface area (Å²) in [5.41, 5.74) is 2.05. The quantitative estimate of drug-likeness (QED) is 0.496. The fourth-order valence-corrected chi connectivity index (χ4v) is 4.02. The molecule has 154 valence electrons. The number of hydrogen-bond acceptors (Lipinski definition) is 3. The normalized spacial score (nSPS) is 14.9. The van der Waals surface area contributed by atoms with Crippen molar-refractivity contribution in [2.75, 3.05) is 13.1 Å². The Balaban J connectivity index is 1.67. The zero-order chi connectivity index (χ0) is 21.0. The molecule has 0 aliphatic carbocycles. The third-order valence-corrected chi connectivity index (χ3v) is 5.46. The molecule has 30 heavy (non-hydrogen) atoms. The van der Waals surface area contributed by atoms with Gasteiger partial charge >= 0.3 is 6.18 Å². The molecule has 1 amide bonds. The molecule has 3 aromatic heterocycles. The highest BCUT2D eigenvalue weighted by Gasteiger charge is 2.30. The first-order chi connectivity index (χ1) is 14.3. The van der Waals surface area contributed by atoms with Gasteiger partial charge in [-0.1, -0.05) is 0 Å². The van der Waals surface area contributed by atoms with Crippen LogP contribution in [-0.2, 0) is 13.2 Å². The van der Waals surface area contributed by atoms with E-state index in [-0.39, 0.29) is 5.91 Å². The van der Waals surface area contributed by atoms with Crippen LogP contribution in [0.15, 0.2) is 42.6 Å². The molecule has 1 fully saturated rings. The average Bonchev–Trinajstić information content (AvgIpc) is 3.42. The van der Waals surface area contributed by atoms with Crippen LogP contribution in [0, 0.1) is 0 Å². The highest BCUT2D eigenvalue weighted by molar-refractivity contribution is 6.07. The van der Waals surface area contributed by atoms with Crippen LogP contribution in [-0.4, -0.2) is 43.2 Å². The number of carbonyl (C=O) groups is 1. The van der Waals surface area contributed by atoms with Gasteiger partial charge in [0.15, 0.2) is 5.65 Å². The summed E-state index contributed by atoms with van der Waals surface area (Å²) in [4.78, 5) is 19.2. The Hall–Kier alpha value is -3.36. The summed E-state index contributed by atoms with van der Waals surface area (Å²) in [5, 5.41) is 5.21. The Bertz CT molecular complexity index is 1260. The Labute approximate surface area is 169 Å². The maximum atomic E-state index is 13.0. The van der Waals surface area contributed by atoms with E-state index in [1.807, 2.05) is 0 Å². The number of nitrogens with zero attached hydrogens (tertiary/aromatic N) is 5. The maximum absolute atomic E-state index is 13.0. The summed E-state index contributed by atoms with van der Waals surface area (Å²) >= 11 is 0. The number of likely N-dealkylation sites (tertiary alicyclic amines) is 1. The van der Waals surface area contributed by atoms with Gasteiger partial charge in [-0.2, -0.15) is 18.3 Å². The van der Waals surface area contributed by atoms with Crippen molar-refractivity contribution in [3.8, 4) is 5.69 Å². The monoisotopic (exact) mass is 413 g/mol. The van der Waals surface area contributed by atoms with E-state index in [4.69, 9.17) is 0 Å². The fourth-order valence-electron chi connectivity index (χ4n) is 4.02. The minimum atomic E-state index is -4.40. The van der Waals surface area contributed by atoms with E-state index >= 15 is 0 Å². The van der Waals surface area contributed by atoms with Crippen LogP contribution in [0.5, 0.6) is 0 Å². The van der Waals surface area contributed by atoms with Gasteiger partial charge in [-0.25, -0.2) is 4.98 Å². The number of carbonyl (C=O) groups excluding carboxylic acids is 1. The molecule has 0 bridgehead atoms. The molecule has 0 N–H and O–H groups in total. The first-order valence-corrected chi connectivity index (χ1v) is 9.64. The molecule has 0 saturated carbocycles. The predicted octanol–water partition coefficient (Wildman–Crippen LogP) is 4.17. The molecule has 5 rings (SSSR count). The van der Waals surface area contributed by atoms with Crippen molar-refractivity contribution in [2.24, 2.45) is 7.05 Å². The average molecular weight is 413 g/mol. The number of amides is 1. The highest BCUT2D eigenvalue weighted by Crippen LogP contribution is 2.33. The van der Waals surface area contributed by atoms with Crippen LogP contribution in [0.4, 0.5) is 13.2 Å². The van der Waals surface area contributed by atoms with Crippen LogP contribution < -0.4 is 0 Å². The molecule has 1 aromatic carbocycles. The second-order valence-electron chi connectivity index (χ2n) is 7.48. The van der Waals surface area contributed by atoms with Crippen molar-refractivity contribution in [2.45, 2.75) is 19.0 Å². The molecule has 1 aliphatic rings. The largest absolute Gasteiger partial charge is 0.416 e. The summed E-state index contributed by atoms with van der Waals surface area (Å²) in [5.74, 6) is -0.103. The number of aromatic nitrogens is 4. The Morgan fingerprint density at radius 2 is 1.73 bits per heavy atom. The van der Waals surface area contributed by atoms with Gasteiger partial charge in [-0.05, 0) is 49.2 Å². The Morgan fingerprint density at radius 3 is 2.40 bits per heavy atom. The van der Waals surface area contributed by atoms with Crippen molar-refractivity contribution >= 4 is 28.0 Å². The second kappa shape index (κ2) is 6.58.